The smallest absolute Gasteiger partial charge is 0.339 e. The predicted molar refractivity (Wildman–Crippen MR) is 129 cm³/mol. The van der Waals surface area contributed by atoms with Crippen LogP contribution < -0.4 is 10.6 Å². The van der Waals surface area contributed by atoms with Gasteiger partial charge in [-0.2, -0.15) is 0 Å². The van der Waals surface area contributed by atoms with Gasteiger partial charge in [0.2, 0.25) is 12.0 Å². The molecule has 178 valence electrons. The third-order valence-corrected chi connectivity index (χ3v) is 5.64. The number of nitro benzene ring substituents is 1. The molecule has 4 rings (SSSR count). The minimum absolute atomic E-state index is 0.0329. The number of carbonyl (C=O) groups excluding carboxylic acids is 3. The number of ether oxygens (including phenoxy) is 1. The molecule has 9 nitrogen and oxygen atoms in total. The molecule has 3 aromatic carbocycles. The minimum atomic E-state index is -1.32. The van der Waals surface area contributed by atoms with Gasteiger partial charge in [0.15, 0.2) is 0 Å². The lowest BCUT2D eigenvalue weighted by molar-refractivity contribution is -0.384. The molecule has 0 aromatic heterocycles. The van der Waals surface area contributed by atoms with E-state index < -0.39 is 22.9 Å². The largest absolute Gasteiger partial charge is 0.444 e. The van der Waals surface area contributed by atoms with Gasteiger partial charge in [0.05, 0.1) is 21.2 Å². The summed E-state index contributed by atoms with van der Waals surface area (Å²) in [5.41, 5.74) is 1.08. The quantitative estimate of drug-likeness (QED) is 0.254. The molecule has 3 aromatic rings. The molecule has 0 radical (unpaired) electrons. The molecule has 0 saturated heterocycles. The van der Waals surface area contributed by atoms with Crippen LogP contribution in [0.1, 0.15) is 34.9 Å². The van der Waals surface area contributed by atoms with Crippen LogP contribution in [-0.2, 0) is 14.3 Å². The average Bonchev–Trinajstić information content (AvgIpc) is 3.70. The van der Waals surface area contributed by atoms with Gasteiger partial charge in [-0.15, -0.1) is 0 Å². The summed E-state index contributed by atoms with van der Waals surface area (Å²) < 4.78 is 5.54. The Hall–Kier alpha value is -4.24. The van der Waals surface area contributed by atoms with Crippen molar-refractivity contribution >= 4 is 46.4 Å². The van der Waals surface area contributed by atoms with Gasteiger partial charge in [0.25, 0.3) is 11.6 Å². The highest BCUT2D eigenvalue weighted by Gasteiger charge is 2.30. The van der Waals surface area contributed by atoms with Crippen LogP contribution in [-0.4, -0.2) is 22.7 Å². The Morgan fingerprint density at radius 1 is 0.971 bits per heavy atom. The van der Waals surface area contributed by atoms with E-state index in [2.05, 4.69) is 10.6 Å². The topological polar surface area (TPSA) is 128 Å². The molecule has 1 saturated carbocycles. The number of hydrogen-bond donors (Lipinski definition) is 2. The zero-order chi connectivity index (χ0) is 24.9. The van der Waals surface area contributed by atoms with E-state index in [1.165, 1.54) is 24.3 Å². The lowest BCUT2D eigenvalue weighted by Crippen LogP contribution is -2.26. The van der Waals surface area contributed by atoms with Crippen molar-refractivity contribution in [3.05, 3.63) is 99.1 Å². The summed E-state index contributed by atoms with van der Waals surface area (Å²) in [6, 6.07) is 18.2. The van der Waals surface area contributed by atoms with Gasteiger partial charge in [0, 0.05) is 29.3 Å². The molecule has 0 bridgehead atoms. The van der Waals surface area contributed by atoms with E-state index in [4.69, 9.17) is 16.3 Å². The van der Waals surface area contributed by atoms with Crippen LogP contribution >= 0.6 is 11.6 Å². The minimum Gasteiger partial charge on any atom is -0.444 e. The normalized spacial score (nSPS) is 13.4. The van der Waals surface area contributed by atoms with E-state index in [1.54, 1.807) is 42.5 Å². The Bertz CT molecular complexity index is 1280. The highest BCUT2D eigenvalue weighted by atomic mass is 35.5. The van der Waals surface area contributed by atoms with E-state index in [0.29, 0.717) is 11.3 Å². The summed E-state index contributed by atoms with van der Waals surface area (Å²) >= 11 is 6.09. The van der Waals surface area contributed by atoms with Gasteiger partial charge in [-0.25, -0.2) is 4.79 Å². The number of carbonyl (C=O) groups is 3. The van der Waals surface area contributed by atoms with Crippen LogP contribution in [0, 0.1) is 16.0 Å². The third kappa shape index (κ3) is 6.01. The lowest BCUT2D eigenvalue weighted by Gasteiger charge is -2.18. The number of halogens is 1. The van der Waals surface area contributed by atoms with Crippen LogP contribution in [0.3, 0.4) is 0 Å². The van der Waals surface area contributed by atoms with Crippen LogP contribution in [0.25, 0.3) is 0 Å². The number of nitro groups is 1. The zero-order valence-electron chi connectivity index (χ0n) is 18.3. The molecule has 35 heavy (non-hydrogen) atoms. The molecule has 2 N–H and O–H groups in total. The van der Waals surface area contributed by atoms with Gasteiger partial charge in [-0.05, 0) is 43.2 Å². The maximum atomic E-state index is 13.1. The molecule has 1 atom stereocenters. The Balaban J connectivity index is 1.50. The van der Waals surface area contributed by atoms with Crippen LogP contribution in [0.5, 0.6) is 0 Å². The van der Waals surface area contributed by atoms with Crippen molar-refractivity contribution in [2.75, 3.05) is 10.6 Å². The molecule has 0 heterocycles. The highest BCUT2D eigenvalue weighted by Crippen LogP contribution is 2.31. The molecule has 2 amide bonds. The standard InChI is InChI=1S/C25H20ClN3O6/c26-20-14-19(29(33)34)12-13-21(20)28-24(31)22(15-4-2-1-3-5-15)35-25(32)17-8-10-18(11-9-17)27-23(30)16-6-7-16/h1-5,8-14,16,22H,6-7H2,(H,27,30)(H,28,31). The number of hydrogen-bond acceptors (Lipinski definition) is 6. The second kappa shape index (κ2) is 10.4. The number of nitrogens with zero attached hydrogens (tertiary/aromatic N) is 1. The van der Waals surface area contributed by atoms with Crippen LogP contribution in [0.2, 0.25) is 5.02 Å². The molecule has 10 heteroatoms. The summed E-state index contributed by atoms with van der Waals surface area (Å²) in [7, 11) is 0. The number of amides is 2. The molecule has 1 unspecified atom stereocenters. The van der Waals surface area contributed by atoms with Crippen molar-refractivity contribution in [3.8, 4) is 0 Å². The zero-order valence-corrected chi connectivity index (χ0v) is 19.0. The molecule has 0 aliphatic heterocycles. The molecule has 1 aliphatic carbocycles. The second-order valence-corrected chi connectivity index (χ2v) is 8.35. The third-order valence-electron chi connectivity index (χ3n) is 5.32. The van der Waals surface area contributed by atoms with Crippen molar-refractivity contribution in [1.82, 2.24) is 0 Å². The van der Waals surface area contributed by atoms with E-state index in [1.807, 2.05) is 0 Å². The molecule has 0 spiro atoms. The number of anilines is 2. The number of benzene rings is 3. The summed E-state index contributed by atoms with van der Waals surface area (Å²) in [4.78, 5) is 48.1. The lowest BCUT2D eigenvalue weighted by atomic mass is 10.1. The first-order chi connectivity index (χ1) is 16.8. The second-order valence-electron chi connectivity index (χ2n) is 7.95. The van der Waals surface area contributed by atoms with Crippen molar-refractivity contribution in [2.24, 2.45) is 5.92 Å². The monoisotopic (exact) mass is 493 g/mol. The molecule has 1 aliphatic rings. The van der Waals surface area contributed by atoms with E-state index in [0.717, 1.165) is 18.9 Å². The summed E-state index contributed by atoms with van der Waals surface area (Å²) in [6.45, 7) is 0. The fourth-order valence-electron chi connectivity index (χ4n) is 3.27. The molecular weight excluding hydrogens is 474 g/mol. The van der Waals surface area contributed by atoms with Crippen molar-refractivity contribution in [2.45, 2.75) is 18.9 Å². The fraction of sp³-hybridized carbons (Fsp3) is 0.160. The van der Waals surface area contributed by atoms with Gasteiger partial charge < -0.3 is 15.4 Å². The van der Waals surface area contributed by atoms with E-state index in [-0.39, 0.29) is 33.8 Å². The van der Waals surface area contributed by atoms with Crippen LogP contribution in [0.4, 0.5) is 17.1 Å². The maximum absolute atomic E-state index is 13.1. The number of esters is 1. The summed E-state index contributed by atoms with van der Waals surface area (Å²) in [5, 5.41) is 16.2. The van der Waals surface area contributed by atoms with Crippen molar-refractivity contribution in [3.63, 3.8) is 0 Å². The maximum Gasteiger partial charge on any atom is 0.339 e. The van der Waals surface area contributed by atoms with E-state index >= 15 is 0 Å². The van der Waals surface area contributed by atoms with Crippen LogP contribution in [0.15, 0.2) is 72.8 Å². The summed E-state index contributed by atoms with van der Waals surface area (Å²) in [5.74, 6) is -1.43. The SMILES string of the molecule is O=C(OC(C(=O)Nc1ccc([N+](=O)[O-])cc1Cl)c1ccccc1)c1ccc(NC(=O)C2CC2)cc1. The first-order valence-electron chi connectivity index (χ1n) is 10.7. The fourth-order valence-corrected chi connectivity index (χ4v) is 3.49. The Kier molecular flexibility index (Phi) is 7.07. The first kappa shape index (κ1) is 23.9. The average molecular weight is 494 g/mol. The summed E-state index contributed by atoms with van der Waals surface area (Å²) in [6.07, 6.45) is 0.443. The number of non-ortho nitro benzene ring substituents is 1. The highest BCUT2D eigenvalue weighted by molar-refractivity contribution is 6.34. The van der Waals surface area contributed by atoms with Gasteiger partial charge in [0.1, 0.15) is 0 Å². The van der Waals surface area contributed by atoms with Gasteiger partial charge >= 0.3 is 5.97 Å². The van der Waals surface area contributed by atoms with E-state index in [9.17, 15) is 24.5 Å². The predicted octanol–water partition coefficient (Wildman–Crippen LogP) is 5.13. The number of nitrogens with one attached hydrogen (secondary N) is 2. The molecular formula is C25H20ClN3O6. The van der Waals surface area contributed by atoms with Gasteiger partial charge in [-0.3, -0.25) is 19.7 Å². The number of rotatable bonds is 8. The molecule has 1 fully saturated rings. The van der Waals surface area contributed by atoms with Crippen molar-refractivity contribution in [1.29, 1.82) is 0 Å². The van der Waals surface area contributed by atoms with Crippen molar-refractivity contribution < 1.29 is 24.0 Å². The first-order valence-corrected chi connectivity index (χ1v) is 11.1. The Morgan fingerprint density at radius 2 is 1.66 bits per heavy atom. The Labute approximate surface area is 205 Å². The Morgan fingerprint density at radius 3 is 2.26 bits per heavy atom. The van der Waals surface area contributed by atoms with Gasteiger partial charge in [-0.1, -0.05) is 41.9 Å².